The molecule has 1 fully saturated rings. The van der Waals surface area contributed by atoms with E-state index in [-0.39, 0.29) is 5.75 Å². The molecule has 26 heavy (non-hydrogen) atoms. The lowest BCUT2D eigenvalue weighted by Gasteiger charge is -2.31. The number of piperidine rings is 1. The fraction of sp³-hybridized carbons (Fsp3) is 0.556. The van der Waals surface area contributed by atoms with Gasteiger partial charge in [0.25, 0.3) is 0 Å². The molecule has 4 rings (SSSR count). The van der Waals surface area contributed by atoms with Crippen LogP contribution in [0.15, 0.2) is 30.3 Å². The van der Waals surface area contributed by atoms with Crippen LogP contribution in [0.4, 0.5) is 0 Å². The topological polar surface area (TPSA) is 80.1 Å². The molecule has 0 atom stereocenters. The number of hydrogen-bond donors (Lipinski definition) is 1. The summed E-state index contributed by atoms with van der Waals surface area (Å²) in [5.41, 5.74) is 1.06. The van der Waals surface area contributed by atoms with Crippen LogP contribution >= 0.6 is 0 Å². The number of aryl methyl sites for hydroxylation is 1. The van der Waals surface area contributed by atoms with Crippen molar-refractivity contribution in [3.05, 3.63) is 47.5 Å². The first kappa shape index (κ1) is 17.6. The maximum Gasteiger partial charge on any atom is 0.214 e. The Labute approximate surface area is 154 Å². The third-order valence-corrected chi connectivity index (χ3v) is 7.23. The summed E-state index contributed by atoms with van der Waals surface area (Å²) < 4.78 is 29.2. The number of sulfonamides is 1. The van der Waals surface area contributed by atoms with Crippen LogP contribution in [0.2, 0.25) is 0 Å². The van der Waals surface area contributed by atoms with Gasteiger partial charge in [0.05, 0.1) is 12.3 Å². The first-order chi connectivity index (χ1) is 12.6. The zero-order chi connectivity index (χ0) is 18.0. The van der Waals surface area contributed by atoms with Crippen LogP contribution in [-0.4, -0.2) is 52.9 Å². The number of fused-ring (bicyclic) bond motifs is 1. The maximum absolute atomic E-state index is 12.7. The van der Waals surface area contributed by atoms with Crippen LogP contribution < -0.4 is 5.32 Å². The fourth-order valence-corrected chi connectivity index (χ4v) is 5.35. The molecule has 140 valence electrons. The fourth-order valence-electron chi connectivity index (χ4n) is 3.83. The normalized spacial score (nSPS) is 19.4. The summed E-state index contributed by atoms with van der Waals surface area (Å²) in [4.78, 5) is 0. The van der Waals surface area contributed by atoms with Gasteiger partial charge in [0.2, 0.25) is 10.0 Å². The van der Waals surface area contributed by atoms with Crippen molar-refractivity contribution in [3.8, 4) is 0 Å². The van der Waals surface area contributed by atoms with Crippen molar-refractivity contribution in [1.29, 1.82) is 0 Å². The molecule has 1 aromatic heterocycles. The first-order valence-electron chi connectivity index (χ1n) is 9.28. The minimum Gasteiger partial charge on any atom is -0.312 e. The van der Waals surface area contributed by atoms with Crippen molar-refractivity contribution in [2.75, 3.05) is 25.4 Å². The largest absolute Gasteiger partial charge is 0.312 e. The Kier molecular flexibility index (Phi) is 5.06. The molecule has 7 nitrogen and oxygen atoms in total. The van der Waals surface area contributed by atoms with E-state index in [0.717, 1.165) is 49.7 Å². The van der Waals surface area contributed by atoms with E-state index in [0.29, 0.717) is 25.4 Å². The molecule has 1 aromatic carbocycles. The van der Waals surface area contributed by atoms with Gasteiger partial charge in [0, 0.05) is 32.1 Å². The Morgan fingerprint density at radius 3 is 2.62 bits per heavy atom. The van der Waals surface area contributed by atoms with Crippen molar-refractivity contribution in [1.82, 2.24) is 24.4 Å². The highest BCUT2D eigenvalue weighted by molar-refractivity contribution is 7.89. The monoisotopic (exact) mass is 375 g/mol. The number of rotatable bonds is 5. The number of benzene rings is 1. The first-order valence-corrected chi connectivity index (χ1v) is 10.9. The van der Waals surface area contributed by atoms with Crippen molar-refractivity contribution in [2.45, 2.75) is 38.3 Å². The van der Waals surface area contributed by atoms with Gasteiger partial charge < -0.3 is 9.88 Å². The Hall–Kier alpha value is -1.77. The minimum absolute atomic E-state index is 0.174. The third-order valence-electron chi connectivity index (χ3n) is 5.36. The van der Waals surface area contributed by atoms with E-state index in [1.807, 2.05) is 30.3 Å². The molecule has 8 heteroatoms. The van der Waals surface area contributed by atoms with Crippen LogP contribution in [0.1, 0.15) is 36.0 Å². The summed E-state index contributed by atoms with van der Waals surface area (Å²) in [6.07, 6.45) is 2.19. The van der Waals surface area contributed by atoms with Crippen molar-refractivity contribution in [2.24, 2.45) is 0 Å². The molecular formula is C18H25N5O2S. The van der Waals surface area contributed by atoms with E-state index in [9.17, 15) is 8.42 Å². The molecule has 0 amide bonds. The van der Waals surface area contributed by atoms with Crippen LogP contribution in [0, 0.1) is 0 Å². The lowest BCUT2D eigenvalue weighted by Crippen LogP contribution is -2.40. The quantitative estimate of drug-likeness (QED) is 0.848. The van der Waals surface area contributed by atoms with Gasteiger partial charge in [-0.3, -0.25) is 0 Å². The Balaban J connectivity index is 1.36. The highest BCUT2D eigenvalue weighted by Gasteiger charge is 2.31. The maximum atomic E-state index is 12.7. The lowest BCUT2D eigenvalue weighted by atomic mass is 9.97. The number of hydrogen-bond acceptors (Lipinski definition) is 5. The van der Waals surface area contributed by atoms with Crippen molar-refractivity contribution in [3.63, 3.8) is 0 Å². The highest BCUT2D eigenvalue weighted by atomic mass is 32.2. The van der Waals surface area contributed by atoms with E-state index in [2.05, 4.69) is 20.1 Å². The standard InChI is InChI=1S/C18H25N5O2S/c24-26(25,13-8-15-4-2-1-3-5-15)22-10-6-16(7-11-22)18-21-20-17-14-19-9-12-23(17)18/h1-5,16,19H,6-14H2. The molecule has 2 aromatic rings. The summed E-state index contributed by atoms with van der Waals surface area (Å²) in [5, 5.41) is 12.0. The molecule has 0 spiro atoms. The number of aromatic nitrogens is 3. The van der Waals surface area contributed by atoms with Crippen molar-refractivity contribution < 1.29 is 8.42 Å². The predicted octanol–water partition coefficient (Wildman–Crippen LogP) is 1.13. The van der Waals surface area contributed by atoms with E-state index < -0.39 is 10.0 Å². The van der Waals surface area contributed by atoms with Gasteiger partial charge in [-0.25, -0.2) is 12.7 Å². The molecule has 0 radical (unpaired) electrons. The van der Waals surface area contributed by atoms with Gasteiger partial charge in [0.15, 0.2) is 0 Å². The van der Waals surface area contributed by atoms with Crippen LogP contribution in [0.25, 0.3) is 0 Å². The minimum atomic E-state index is -3.21. The molecule has 0 bridgehead atoms. The van der Waals surface area contributed by atoms with Crippen LogP contribution in [0.5, 0.6) is 0 Å². The van der Waals surface area contributed by atoms with Gasteiger partial charge in [-0.1, -0.05) is 30.3 Å². The second kappa shape index (κ2) is 7.46. The molecule has 2 aliphatic heterocycles. The molecule has 0 aliphatic carbocycles. The third kappa shape index (κ3) is 3.67. The average Bonchev–Trinajstić information content (AvgIpc) is 3.12. The number of nitrogens with zero attached hydrogens (tertiary/aromatic N) is 4. The van der Waals surface area contributed by atoms with E-state index in [4.69, 9.17) is 0 Å². The molecule has 1 saturated heterocycles. The van der Waals surface area contributed by atoms with Gasteiger partial charge >= 0.3 is 0 Å². The molecule has 3 heterocycles. The summed E-state index contributed by atoms with van der Waals surface area (Å²) in [7, 11) is -3.21. The Morgan fingerprint density at radius 2 is 1.85 bits per heavy atom. The van der Waals surface area contributed by atoms with Gasteiger partial charge in [-0.05, 0) is 24.8 Å². The zero-order valence-electron chi connectivity index (χ0n) is 14.8. The molecule has 0 saturated carbocycles. The summed E-state index contributed by atoms with van der Waals surface area (Å²) in [5.74, 6) is 2.50. The van der Waals surface area contributed by atoms with E-state index >= 15 is 0 Å². The zero-order valence-corrected chi connectivity index (χ0v) is 15.7. The predicted molar refractivity (Wildman–Crippen MR) is 99.2 cm³/mol. The molecule has 1 N–H and O–H groups in total. The summed E-state index contributed by atoms with van der Waals surface area (Å²) >= 11 is 0. The average molecular weight is 375 g/mol. The summed E-state index contributed by atoms with van der Waals surface area (Å²) in [6.45, 7) is 3.74. The van der Waals surface area contributed by atoms with E-state index in [1.54, 1.807) is 4.31 Å². The van der Waals surface area contributed by atoms with Crippen LogP contribution in [0.3, 0.4) is 0 Å². The Bertz CT molecular complexity index is 842. The van der Waals surface area contributed by atoms with Crippen LogP contribution in [-0.2, 0) is 29.5 Å². The van der Waals surface area contributed by atoms with Crippen molar-refractivity contribution >= 4 is 10.0 Å². The molecular weight excluding hydrogens is 350 g/mol. The lowest BCUT2D eigenvalue weighted by molar-refractivity contribution is 0.307. The van der Waals surface area contributed by atoms with E-state index in [1.165, 1.54) is 0 Å². The Morgan fingerprint density at radius 1 is 1.08 bits per heavy atom. The second-order valence-corrected chi connectivity index (χ2v) is 9.12. The van der Waals surface area contributed by atoms with Gasteiger partial charge in [0.1, 0.15) is 11.6 Å². The number of nitrogens with one attached hydrogen (secondary N) is 1. The SMILES string of the molecule is O=S(=O)(CCc1ccccc1)N1CCC(c2nnc3n2CCNC3)CC1. The second-order valence-electron chi connectivity index (χ2n) is 7.03. The highest BCUT2D eigenvalue weighted by Crippen LogP contribution is 2.29. The van der Waals surface area contributed by atoms with Gasteiger partial charge in [-0.2, -0.15) is 0 Å². The summed E-state index contributed by atoms with van der Waals surface area (Å²) in [6, 6.07) is 9.79. The molecule has 0 unspecified atom stereocenters. The molecule has 2 aliphatic rings. The smallest absolute Gasteiger partial charge is 0.214 e. The van der Waals surface area contributed by atoms with Gasteiger partial charge in [-0.15, -0.1) is 10.2 Å².